The van der Waals surface area contributed by atoms with Gasteiger partial charge >= 0.3 is 0 Å². The zero-order valence-corrected chi connectivity index (χ0v) is 11.2. The molecule has 0 fully saturated rings. The third-order valence-electron chi connectivity index (χ3n) is 2.07. The summed E-state index contributed by atoms with van der Waals surface area (Å²) in [4.78, 5) is 0. The third-order valence-corrected chi connectivity index (χ3v) is 2.07. The highest BCUT2D eigenvalue weighted by Crippen LogP contribution is 2.25. The Hall–Kier alpha value is -1.38. The molecule has 0 amide bonds. The Kier molecular flexibility index (Phi) is 5.13. The largest absolute Gasteiger partial charge is 0.493 e. The molecule has 0 aliphatic heterocycles. The van der Waals surface area contributed by atoms with Crippen molar-refractivity contribution < 1.29 is 9.47 Å². The highest BCUT2D eigenvalue weighted by atomic mass is 16.5. The second kappa shape index (κ2) is 6.38. The highest BCUT2D eigenvalue weighted by Gasteiger charge is 2.03. The minimum atomic E-state index is 0.497. The van der Waals surface area contributed by atoms with E-state index in [-0.39, 0.29) is 0 Å². The van der Waals surface area contributed by atoms with E-state index in [1.165, 1.54) is 0 Å². The summed E-state index contributed by atoms with van der Waals surface area (Å²) in [5, 5.41) is 0. The smallest absolute Gasteiger partial charge is 0.125 e. The molecule has 17 heavy (non-hydrogen) atoms. The van der Waals surface area contributed by atoms with Gasteiger partial charge < -0.3 is 15.2 Å². The van der Waals surface area contributed by atoms with Crippen molar-refractivity contribution in [3.63, 3.8) is 0 Å². The molecule has 96 valence electrons. The van der Waals surface area contributed by atoms with Gasteiger partial charge in [-0.25, -0.2) is 0 Å². The molecule has 1 aromatic rings. The fraction of sp³-hybridized carbons (Fsp3) is 0.571. The molecule has 0 radical (unpaired) electrons. The molecule has 3 nitrogen and oxygen atoms in total. The summed E-state index contributed by atoms with van der Waals surface area (Å²) in [5.41, 5.74) is 6.48. The van der Waals surface area contributed by atoms with E-state index in [2.05, 4.69) is 27.7 Å². The zero-order valence-electron chi connectivity index (χ0n) is 11.2. The van der Waals surface area contributed by atoms with Crippen molar-refractivity contribution >= 4 is 5.69 Å². The lowest BCUT2D eigenvalue weighted by Crippen LogP contribution is -2.07. The van der Waals surface area contributed by atoms with E-state index in [1.54, 1.807) is 0 Å². The number of rotatable bonds is 6. The van der Waals surface area contributed by atoms with E-state index in [0.29, 0.717) is 30.7 Å². The molecule has 0 saturated heterocycles. The quantitative estimate of drug-likeness (QED) is 0.772. The minimum absolute atomic E-state index is 0.497. The number of anilines is 1. The van der Waals surface area contributed by atoms with Gasteiger partial charge in [0.15, 0.2) is 0 Å². The van der Waals surface area contributed by atoms with Crippen molar-refractivity contribution in [2.45, 2.75) is 27.7 Å². The van der Waals surface area contributed by atoms with Crippen LogP contribution in [0.1, 0.15) is 27.7 Å². The van der Waals surface area contributed by atoms with E-state index >= 15 is 0 Å². The molecule has 0 aliphatic carbocycles. The van der Waals surface area contributed by atoms with Crippen LogP contribution in [-0.4, -0.2) is 13.2 Å². The van der Waals surface area contributed by atoms with Crippen LogP contribution in [0.4, 0.5) is 5.69 Å². The summed E-state index contributed by atoms with van der Waals surface area (Å²) in [5.74, 6) is 2.54. The van der Waals surface area contributed by atoms with Gasteiger partial charge in [-0.1, -0.05) is 27.7 Å². The van der Waals surface area contributed by atoms with Crippen LogP contribution in [0.2, 0.25) is 0 Å². The molecule has 0 bridgehead atoms. The molecule has 1 aromatic carbocycles. The first-order valence-electron chi connectivity index (χ1n) is 6.13. The van der Waals surface area contributed by atoms with Gasteiger partial charge in [0.25, 0.3) is 0 Å². The van der Waals surface area contributed by atoms with Crippen molar-refractivity contribution in [1.29, 1.82) is 0 Å². The van der Waals surface area contributed by atoms with Crippen molar-refractivity contribution in [2.75, 3.05) is 18.9 Å². The normalized spacial score (nSPS) is 10.9. The van der Waals surface area contributed by atoms with Crippen LogP contribution in [0.25, 0.3) is 0 Å². The van der Waals surface area contributed by atoms with Crippen molar-refractivity contribution in [3.05, 3.63) is 18.2 Å². The van der Waals surface area contributed by atoms with E-state index in [1.807, 2.05) is 18.2 Å². The Morgan fingerprint density at radius 1 is 0.882 bits per heavy atom. The van der Waals surface area contributed by atoms with Crippen molar-refractivity contribution in [1.82, 2.24) is 0 Å². The molecule has 0 spiro atoms. The molecule has 0 aromatic heterocycles. The number of hydrogen-bond acceptors (Lipinski definition) is 3. The van der Waals surface area contributed by atoms with Crippen LogP contribution in [0, 0.1) is 11.8 Å². The van der Waals surface area contributed by atoms with Gasteiger partial charge in [-0.3, -0.25) is 0 Å². The third kappa shape index (κ3) is 5.48. The van der Waals surface area contributed by atoms with Crippen LogP contribution in [0.15, 0.2) is 18.2 Å². The van der Waals surface area contributed by atoms with Crippen LogP contribution in [0.5, 0.6) is 11.5 Å². The highest BCUT2D eigenvalue weighted by molar-refractivity contribution is 5.50. The number of benzene rings is 1. The van der Waals surface area contributed by atoms with Gasteiger partial charge in [-0.2, -0.15) is 0 Å². The summed E-state index contributed by atoms with van der Waals surface area (Å²) in [6.45, 7) is 9.83. The van der Waals surface area contributed by atoms with E-state index in [4.69, 9.17) is 15.2 Å². The molecule has 0 aliphatic rings. The molecule has 0 saturated carbocycles. The van der Waals surface area contributed by atoms with E-state index in [0.717, 1.165) is 11.5 Å². The van der Waals surface area contributed by atoms with Gasteiger partial charge in [-0.15, -0.1) is 0 Å². The second-order valence-electron chi connectivity index (χ2n) is 5.15. The number of nitrogen functional groups attached to an aromatic ring is 1. The monoisotopic (exact) mass is 237 g/mol. The van der Waals surface area contributed by atoms with E-state index in [9.17, 15) is 0 Å². The van der Waals surface area contributed by atoms with E-state index < -0.39 is 0 Å². The van der Waals surface area contributed by atoms with Crippen molar-refractivity contribution in [3.8, 4) is 11.5 Å². The maximum atomic E-state index is 5.81. The van der Waals surface area contributed by atoms with Gasteiger partial charge in [0.2, 0.25) is 0 Å². The molecule has 3 heteroatoms. The fourth-order valence-corrected chi connectivity index (χ4v) is 1.29. The summed E-state index contributed by atoms with van der Waals surface area (Å²) in [6, 6.07) is 5.54. The molecule has 0 atom stereocenters. The molecule has 0 unspecified atom stereocenters. The predicted octanol–water partition coefficient (Wildman–Crippen LogP) is 3.34. The van der Waals surface area contributed by atoms with Crippen LogP contribution in [-0.2, 0) is 0 Å². The zero-order chi connectivity index (χ0) is 12.8. The number of ether oxygens (including phenoxy) is 2. The van der Waals surface area contributed by atoms with Gasteiger partial charge in [0, 0.05) is 23.9 Å². The standard InChI is InChI=1S/C14H23NO2/c1-10(2)8-16-13-5-12(15)6-14(7-13)17-9-11(3)4/h5-7,10-11H,8-9,15H2,1-4H3. The summed E-state index contributed by atoms with van der Waals surface area (Å²) in [6.07, 6.45) is 0. The Balaban J connectivity index is 2.65. The summed E-state index contributed by atoms with van der Waals surface area (Å²) < 4.78 is 11.3. The molecule has 1 rings (SSSR count). The topological polar surface area (TPSA) is 44.5 Å². The number of nitrogens with two attached hydrogens (primary N) is 1. The lowest BCUT2D eigenvalue weighted by molar-refractivity contribution is 0.258. The lowest BCUT2D eigenvalue weighted by Gasteiger charge is -2.13. The average molecular weight is 237 g/mol. The van der Waals surface area contributed by atoms with Crippen LogP contribution < -0.4 is 15.2 Å². The van der Waals surface area contributed by atoms with Gasteiger partial charge in [0.05, 0.1) is 13.2 Å². The summed E-state index contributed by atoms with van der Waals surface area (Å²) in [7, 11) is 0. The first-order valence-corrected chi connectivity index (χ1v) is 6.13. The summed E-state index contributed by atoms with van der Waals surface area (Å²) >= 11 is 0. The Labute approximate surface area is 104 Å². The average Bonchev–Trinajstić information content (AvgIpc) is 2.23. The van der Waals surface area contributed by atoms with Crippen molar-refractivity contribution in [2.24, 2.45) is 11.8 Å². The number of hydrogen-bond donors (Lipinski definition) is 1. The Morgan fingerprint density at radius 2 is 1.29 bits per heavy atom. The molecular weight excluding hydrogens is 214 g/mol. The predicted molar refractivity (Wildman–Crippen MR) is 71.5 cm³/mol. The SMILES string of the molecule is CC(C)COc1cc(N)cc(OCC(C)C)c1. The Morgan fingerprint density at radius 3 is 1.65 bits per heavy atom. The first kappa shape index (κ1) is 13.7. The molecule has 2 N–H and O–H groups in total. The lowest BCUT2D eigenvalue weighted by atomic mass is 10.2. The minimum Gasteiger partial charge on any atom is -0.493 e. The maximum Gasteiger partial charge on any atom is 0.125 e. The molecular formula is C14H23NO2. The fourth-order valence-electron chi connectivity index (χ4n) is 1.29. The van der Waals surface area contributed by atoms with Gasteiger partial charge in [0.1, 0.15) is 11.5 Å². The first-order chi connectivity index (χ1) is 7.97. The maximum absolute atomic E-state index is 5.81. The second-order valence-corrected chi connectivity index (χ2v) is 5.15. The molecule has 0 heterocycles. The van der Waals surface area contributed by atoms with Crippen LogP contribution in [0.3, 0.4) is 0 Å². The van der Waals surface area contributed by atoms with Gasteiger partial charge in [-0.05, 0) is 11.8 Å². The van der Waals surface area contributed by atoms with Crippen LogP contribution >= 0.6 is 0 Å². The Bertz CT molecular complexity index is 318.